The Morgan fingerprint density at radius 1 is 1.25 bits per heavy atom. The highest BCUT2D eigenvalue weighted by Gasteiger charge is 2.27. The first kappa shape index (κ1) is 19.9. The van der Waals surface area contributed by atoms with E-state index in [1.807, 2.05) is 0 Å². The molecule has 0 aromatic carbocycles. The Balaban J connectivity index is 2.58. The van der Waals surface area contributed by atoms with E-state index in [9.17, 15) is 14.7 Å². The van der Waals surface area contributed by atoms with Crippen LogP contribution in [0.25, 0.3) is 0 Å². The molecule has 0 fully saturated rings. The molecule has 0 unspecified atom stereocenters. The number of anilines is 1. The van der Waals surface area contributed by atoms with Crippen LogP contribution >= 0.6 is 0 Å². The number of carbonyl (C=O) groups excluding carboxylic acids is 1. The van der Waals surface area contributed by atoms with Gasteiger partial charge in [-0.25, -0.2) is 9.78 Å². The predicted octanol–water partition coefficient (Wildman–Crippen LogP) is 2.62. The Morgan fingerprint density at radius 3 is 2.50 bits per heavy atom. The number of carbonyl (C=O) groups is 2. The minimum Gasteiger partial charge on any atom is -0.465 e. The lowest BCUT2D eigenvalue weighted by Crippen LogP contribution is -2.48. The predicted molar refractivity (Wildman–Crippen MR) is 91.7 cm³/mol. The molecular weight excluding hydrogens is 310 g/mol. The standard InChI is InChI=1S/C17H27N3O4/c1-17(2,3)10-6-4-8-12(19-16(23)24)14(21)15(22)20-13-9-5-7-11-18-13/h5,7,9,11-12,14,19,21H,4,6,8,10H2,1-3H3,(H,23,24)(H,18,20,22)/t12-,14-/m0/s1. The molecule has 1 heterocycles. The lowest BCUT2D eigenvalue weighted by atomic mass is 9.89. The zero-order valence-corrected chi connectivity index (χ0v) is 14.5. The molecule has 7 nitrogen and oxygen atoms in total. The van der Waals surface area contributed by atoms with Gasteiger partial charge in [-0.15, -0.1) is 0 Å². The zero-order chi connectivity index (χ0) is 18.2. The number of amides is 2. The Kier molecular flexibility index (Phi) is 7.64. The fourth-order valence-corrected chi connectivity index (χ4v) is 2.31. The smallest absolute Gasteiger partial charge is 0.404 e. The summed E-state index contributed by atoms with van der Waals surface area (Å²) >= 11 is 0. The normalized spacial score (nSPS) is 13.8. The number of aliphatic hydroxyl groups excluding tert-OH is 1. The molecule has 0 bridgehead atoms. The summed E-state index contributed by atoms with van der Waals surface area (Å²) in [7, 11) is 0. The van der Waals surface area contributed by atoms with E-state index in [4.69, 9.17) is 5.11 Å². The topological polar surface area (TPSA) is 112 Å². The van der Waals surface area contributed by atoms with E-state index >= 15 is 0 Å². The van der Waals surface area contributed by atoms with Gasteiger partial charge in [-0.3, -0.25) is 4.79 Å². The van der Waals surface area contributed by atoms with Crippen LogP contribution in [-0.4, -0.2) is 39.3 Å². The number of unbranched alkanes of at least 4 members (excludes halogenated alkanes) is 1. The lowest BCUT2D eigenvalue weighted by molar-refractivity contribution is -0.125. The molecule has 134 valence electrons. The number of aliphatic hydroxyl groups is 1. The van der Waals surface area contributed by atoms with Crippen molar-refractivity contribution < 1.29 is 19.8 Å². The lowest BCUT2D eigenvalue weighted by Gasteiger charge is -2.23. The average molecular weight is 337 g/mol. The fourth-order valence-electron chi connectivity index (χ4n) is 2.31. The third-order valence-electron chi connectivity index (χ3n) is 3.57. The molecule has 2 amide bonds. The molecule has 0 saturated heterocycles. The van der Waals surface area contributed by atoms with Crippen molar-refractivity contribution in [2.75, 3.05) is 5.32 Å². The molecule has 4 N–H and O–H groups in total. The van der Waals surface area contributed by atoms with Crippen LogP contribution in [0.15, 0.2) is 24.4 Å². The van der Waals surface area contributed by atoms with Gasteiger partial charge in [0.1, 0.15) is 5.82 Å². The van der Waals surface area contributed by atoms with Crippen molar-refractivity contribution in [1.82, 2.24) is 10.3 Å². The van der Waals surface area contributed by atoms with Gasteiger partial charge in [0.05, 0.1) is 6.04 Å². The summed E-state index contributed by atoms with van der Waals surface area (Å²) in [5.41, 5.74) is 0.199. The van der Waals surface area contributed by atoms with Gasteiger partial charge < -0.3 is 20.8 Å². The van der Waals surface area contributed by atoms with E-state index < -0.39 is 24.1 Å². The van der Waals surface area contributed by atoms with Gasteiger partial charge in [-0.1, -0.05) is 39.7 Å². The highest BCUT2D eigenvalue weighted by Crippen LogP contribution is 2.22. The van der Waals surface area contributed by atoms with Crippen molar-refractivity contribution in [3.8, 4) is 0 Å². The minimum atomic E-state index is -1.47. The molecule has 2 atom stereocenters. The van der Waals surface area contributed by atoms with E-state index in [1.165, 1.54) is 6.20 Å². The maximum atomic E-state index is 12.1. The second kappa shape index (κ2) is 9.22. The quantitative estimate of drug-likeness (QED) is 0.545. The van der Waals surface area contributed by atoms with Crippen LogP contribution in [0, 0.1) is 5.41 Å². The summed E-state index contributed by atoms with van der Waals surface area (Å²) in [6.45, 7) is 6.40. The van der Waals surface area contributed by atoms with E-state index in [-0.39, 0.29) is 5.41 Å². The number of hydrogen-bond acceptors (Lipinski definition) is 4. The Bertz CT molecular complexity index is 528. The molecule has 0 aliphatic carbocycles. The molecule has 0 radical (unpaired) electrons. The first-order valence-electron chi connectivity index (χ1n) is 8.08. The number of rotatable bonds is 8. The van der Waals surface area contributed by atoms with Crippen LogP contribution in [-0.2, 0) is 4.79 Å². The number of aromatic nitrogens is 1. The maximum absolute atomic E-state index is 12.1. The van der Waals surface area contributed by atoms with Crippen molar-refractivity contribution in [2.24, 2.45) is 5.41 Å². The summed E-state index contributed by atoms with van der Waals surface area (Å²) in [6, 6.07) is 4.14. The molecule has 0 aliphatic heterocycles. The molecule has 0 saturated carbocycles. The number of nitrogens with zero attached hydrogens (tertiary/aromatic N) is 1. The number of pyridine rings is 1. The number of hydrogen-bond donors (Lipinski definition) is 4. The first-order valence-corrected chi connectivity index (χ1v) is 8.08. The SMILES string of the molecule is CC(C)(C)CCCC[C@H](NC(=O)O)[C@H](O)C(=O)Nc1ccccn1. The van der Waals surface area contributed by atoms with Crippen molar-refractivity contribution >= 4 is 17.8 Å². The van der Waals surface area contributed by atoms with E-state index in [2.05, 4.69) is 36.4 Å². The summed E-state index contributed by atoms with van der Waals surface area (Å²) in [5.74, 6) is -0.369. The Labute approximate surface area is 142 Å². The van der Waals surface area contributed by atoms with Gasteiger partial charge in [0.15, 0.2) is 6.10 Å². The third kappa shape index (κ3) is 7.92. The molecular formula is C17H27N3O4. The third-order valence-corrected chi connectivity index (χ3v) is 3.57. The monoisotopic (exact) mass is 337 g/mol. The van der Waals surface area contributed by atoms with E-state index in [1.54, 1.807) is 18.2 Å². The minimum absolute atomic E-state index is 0.199. The van der Waals surface area contributed by atoms with Crippen LogP contribution in [0.5, 0.6) is 0 Å². The van der Waals surface area contributed by atoms with Gasteiger partial charge in [0.25, 0.3) is 5.91 Å². The second-order valence-corrected chi connectivity index (χ2v) is 7.01. The van der Waals surface area contributed by atoms with Gasteiger partial charge in [-0.2, -0.15) is 0 Å². The highest BCUT2D eigenvalue weighted by atomic mass is 16.4. The van der Waals surface area contributed by atoms with Gasteiger partial charge >= 0.3 is 6.09 Å². The molecule has 7 heteroatoms. The van der Waals surface area contributed by atoms with Crippen LogP contribution < -0.4 is 10.6 Å². The van der Waals surface area contributed by atoms with Crippen molar-refractivity contribution in [3.05, 3.63) is 24.4 Å². The summed E-state index contributed by atoms with van der Waals surface area (Å²) in [6.07, 6.45) is 1.77. The first-order chi connectivity index (χ1) is 11.2. The van der Waals surface area contributed by atoms with Crippen LogP contribution in [0.4, 0.5) is 10.6 Å². The van der Waals surface area contributed by atoms with Crippen molar-refractivity contribution in [3.63, 3.8) is 0 Å². The molecule has 0 spiro atoms. The van der Waals surface area contributed by atoms with Crippen LogP contribution in [0.1, 0.15) is 46.5 Å². The average Bonchev–Trinajstić information content (AvgIpc) is 2.49. The zero-order valence-electron chi connectivity index (χ0n) is 14.5. The van der Waals surface area contributed by atoms with Crippen LogP contribution in [0.2, 0.25) is 0 Å². The molecule has 0 aliphatic rings. The summed E-state index contributed by atoms with van der Waals surface area (Å²) < 4.78 is 0. The highest BCUT2D eigenvalue weighted by molar-refractivity contribution is 5.93. The largest absolute Gasteiger partial charge is 0.465 e. The number of carboxylic acid groups (broad SMARTS) is 1. The Morgan fingerprint density at radius 2 is 1.96 bits per heavy atom. The Hall–Kier alpha value is -2.15. The molecule has 1 aromatic rings. The summed E-state index contributed by atoms with van der Waals surface area (Å²) in [5, 5.41) is 23.8. The maximum Gasteiger partial charge on any atom is 0.404 e. The van der Waals surface area contributed by atoms with Gasteiger partial charge in [-0.05, 0) is 30.4 Å². The molecule has 24 heavy (non-hydrogen) atoms. The molecule has 1 aromatic heterocycles. The summed E-state index contributed by atoms with van der Waals surface area (Å²) in [4.78, 5) is 27.0. The van der Waals surface area contributed by atoms with Crippen LogP contribution in [0.3, 0.4) is 0 Å². The van der Waals surface area contributed by atoms with Crippen molar-refractivity contribution in [1.29, 1.82) is 0 Å². The second-order valence-electron chi connectivity index (χ2n) is 7.01. The van der Waals surface area contributed by atoms with Gasteiger partial charge in [0, 0.05) is 6.20 Å². The van der Waals surface area contributed by atoms with Crippen molar-refractivity contribution in [2.45, 2.75) is 58.6 Å². The van der Waals surface area contributed by atoms with E-state index in [0.717, 1.165) is 19.3 Å². The number of nitrogens with one attached hydrogen (secondary N) is 2. The van der Waals surface area contributed by atoms with E-state index in [0.29, 0.717) is 12.2 Å². The fraction of sp³-hybridized carbons (Fsp3) is 0.588. The van der Waals surface area contributed by atoms with Gasteiger partial charge in [0.2, 0.25) is 0 Å². The molecule has 1 rings (SSSR count).